The fraction of sp³-hybridized carbons (Fsp3) is 0.639. The van der Waals surface area contributed by atoms with Crippen molar-refractivity contribution in [1.29, 1.82) is 0 Å². The Morgan fingerprint density at radius 1 is 1.17 bits per heavy atom. The van der Waals surface area contributed by atoms with E-state index >= 15 is 0 Å². The van der Waals surface area contributed by atoms with Crippen LogP contribution in [0, 0.1) is 39.2 Å². The molecule has 254 valence electrons. The molecule has 0 radical (unpaired) electrons. The number of nitro benzene ring substituents is 1. The van der Waals surface area contributed by atoms with Crippen LogP contribution in [0.15, 0.2) is 48.1 Å². The Bertz CT molecular complexity index is 1360. The van der Waals surface area contributed by atoms with E-state index in [2.05, 4.69) is 59.9 Å². The molecule has 10 heteroatoms. The molecule has 0 aliphatic heterocycles. The summed E-state index contributed by atoms with van der Waals surface area (Å²) in [6.45, 7) is 20.4. The standard InChI is InChI=1S/C36H54N2O7Si/c1-12-13-29-24(3)21-26-20-23(2)14-19-30(26)36(29,8)31(39)22-32(40)37(27-15-17-28(18-16-27)38(42)43)33(34(41)44-9)25(4)45-46(10,11)35(5,6)7/h12-13,15-18,21,23,25-26,29-30,33H,14,19-20,22H2,1-11H3/b13-12+/t23-,25-,26+,29-,30-,33+,36-/m1/s1. The maximum atomic E-state index is 14.6. The molecule has 3 rings (SSSR count). The number of non-ortho nitro benzene ring substituents is 1. The van der Waals surface area contributed by atoms with Crippen molar-refractivity contribution in [2.24, 2.45) is 29.1 Å². The van der Waals surface area contributed by atoms with Gasteiger partial charge in [-0.15, -0.1) is 0 Å². The summed E-state index contributed by atoms with van der Waals surface area (Å²) in [5, 5.41) is 11.3. The van der Waals surface area contributed by atoms with Crippen LogP contribution in [0.4, 0.5) is 11.4 Å². The SMILES string of the molecule is C/C=C/[C@@H]1C(C)=C[C@@H]2C[C@H](C)CC[C@H]2[C@]1(C)C(=O)CC(=O)N(c1ccc([N+](=O)[O-])cc1)[C@H](C(=O)OC)[C@@H](C)O[Si](C)(C)C(C)(C)C. The molecule has 1 fully saturated rings. The van der Waals surface area contributed by atoms with Crippen molar-refractivity contribution in [3.8, 4) is 0 Å². The van der Waals surface area contributed by atoms with Gasteiger partial charge in [-0.05, 0) is 81.6 Å². The van der Waals surface area contributed by atoms with E-state index in [4.69, 9.17) is 9.16 Å². The van der Waals surface area contributed by atoms with E-state index in [0.717, 1.165) is 24.8 Å². The number of nitrogens with zero attached hydrogens (tertiary/aromatic N) is 2. The third-order valence-electron chi connectivity index (χ3n) is 10.9. The number of esters is 1. The number of ketones is 1. The lowest BCUT2D eigenvalue weighted by Gasteiger charge is -2.51. The van der Waals surface area contributed by atoms with Gasteiger partial charge in [-0.1, -0.05) is 64.8 Å². The quantitative estimate of drug-likeness (QED) is 0.0592. The van der Waals surface area contributed by atoms with Crippen molar-refractivity contribution >= 4 is 37.4 Å². The number of anilines is 1. The van der Waals surface area contributed by atoms with Gasteiger partial charge in [-0.25, -0.2) is 4.79 Å². The fourth-order valence-corrected chi connectivity index (χ4v) is 8.78. The Kier molecular flexibility index (Phi) is 11.6. The summed E-state index contributed by atoms with van der Waals surface area (Å²) in [5.74, 6) is -0.705. The average Bonchev–Trinajstić information content (AvgIpc) is 2.96. The molecule has 0 heterocycles. The van der Waals surface area contributed by atoms with E-state index in [9.17, 15) is 24.5 Å². The number of Topliss-reactive ketones (excluding diaryl/α,β-unsaturated/α-hetero) is 1. The molecule has 0 spiro atoms. The molecule has 7 atom stereocenters. The highest BCUT2D eigenvalue weighted by Crippen LogP contribution is 2.55. The molecule has 0 bridgehead atoms. The Balaban J connectivity index is 2.11. The first-order valence-corrected chi connectivity index (χ1v) is 19.4. The number of rotatable bonds is 11. The maximum absolute atomic E-state index is 14.6. The van der Waals surface area contributed by atoms with Gasteiger partial charge in [0, 0.05) is 29.2 Å². The number of amides is 1. The van der Waals surface area contributed by atoms with Gasteiger partial charge >= 0.3 is 5.97 Å². The van der Waals surface area contributed by atoms with E-state index in [0.29, 0.717) is 5.92 Å². The molecule has 46 heavy (non-hydrogen) atoms. The molecule has 0 aromatic heterocycles. The van der Waals surface area contributed by atoms with Gasteiger partial charge in [0.1, 0.15) is 5.78 Å². The van der Waals surface area contributed by atoms with Crippen LogP contribution in [0.2, 0.25) is 18.1 Å². The normalized spacial score (nSPS) is 26.5. The minimum atomic E-state index is -2.43. The summed E-state index contributed by atoms with van der Waals surface area (Å²) >= 11 is 0. The molecule has 0 unspecified atom stereocenters. The van der Waals surface area contributed by atoms with E-state index < -0.39 is 49.1 Å². The Labute approximate surface area is 276 Å². The lowest BCUT2D eigenvalue weighted by molar-refractivity contribution is -0.384. The highest BCUT2D eigenvalue weighted by molar-refractivity contribution is 6.74. The number of fused-ring (bicyclic) bond motifs is 1. The Morgan fingerprint density at radius 3 is 2.30 bits per heavy atom. The summed E-state index contributed by atoms with van der Waals surface area (Å²) in [6, 6.07) is 4.23. The number of methoxy groups -OCH3 is 1. The number of ether oxygens (including phenoxy) is 1. The first kappa shape index (κ1) is 37.3. The zero-order chi connectivity index (χ0) is 34.8. The number of carbonyl (C=O) groups excluding carboxylic acids is 3. The molecule has 9 nitrogen and oxygen atoms in total. The number of hydrogen-bond donors (Lipinski definition) is 0. The average molecular weight is 655 g/mol. The van der Waals surface area contributed by atoms with Gasteiger partial charge in [-0.2, -0.15) is 0 Å². The molecule has 0 saturated heterocycles. The smallest absolute Gasteiger partial charge is 0.331 e. The number of benzene rings is 1. The molecule has 1 amide bonds. The van der Waals surface area contributed by atoms with Crippen molar-refractivity contribution in [2.75, 3.05) is 12.0 Å². The molecule has 2 aliphatic carbocycles. The van der Waals surface area contributed by atoms with Crippen molar-refractivity contribution in [3.05, 3.63) is 58.2 Å². The van der Waals surface area contributed by atoms with Crippen LogP contribution in [-0.4, -0.2) is 50.2 Å². The third kappa shape index (κ3) is 7.54. The highest BCUT2D eigenvalue weighted by atomic mass is 28.4. The lowest BCUT2D eigenvalue weighted by atomic mass is 9.51. The van der Waals surface area contributed by atoms with Gasteiger partial charge in [0.15, 0.2) is 14.4 Å². The zero-order valence-electron chi connectivity index (χ0n) is 29.6. The monoisotopic (exact) mass is 654 g/mol. The highest BCUT2D eigenvalue weighted by Gasteiger charge is 2.53. The van der Waals surface area contributed by atoms with Gasteiger partial charge in [0.2, 0.25) is 5.91 Å². The summed E-state index contributed by atoms with van der Waals surface area (Å²) in [6.07, 6.45) is 8.07. The van der Waals surface area contributed by atoms with Crippen LogP contribution < -0.4 is 4.90 Å². The van der Waals surface area contributed by atoms with Gasteiger partial charge in [0.25, 0.3) is 5.69 Å². The minimum Gasteiger partial charge on any atom is -0.467 e. The van der Waals surface area contributed by atoms with E-state index in [1.165, 1.54) is 36.3 Å². The summed E-state index contributed by atoms with van der Waals surface area (Å²) in [7, 11) is -1.18. The minimum absolute atomic E-state index is 0.0824. The van der Waals surface area contributed by atoms with Crippen molar-refractivity contribution in [3.63, 3.8) is 0 Å². The van der Waals surface area contributed by atoms with Crippen LogP contribution in [0.5, 0.6) is 0 Å². The van der Waals surface area contributed by atoms with Gasteiger partial charge < -0.3 is 9.16 Å². The second-order valence-electron chi connectivity index (χ2n) is 15.1. The number of carbonyl (C=O) groups is 3. The second kappa shape index (κ2) is 14.3. The zero-order valence-corrected chi connectivity index (χ0v) is 30.6. The van der Waals surface area contributed by atoms with E-state index in [1.54, 1.807) is 6.92 Å². The van der Waals surface area contributed by atoms with Crippen LogP contribution >= 0.6 is 0 Å². The number of allylic oxidation sites excluding steroid dienone is 4. The molecule has 1 aromatic rings. The fourth-order valence-electron chi connectivity index (χ4n) is 7.36. The molecule has 1 aromatic carbocycles. The van der Waals surface area contributed by atoms with E-state index in [-0.39, 0.29) is 40.0 Å². The van der Waals surface area contributed by atoms with Gasteiger partial charge in [-0.3, -0.25) is 24.6 Å². The molecule has 1 saturated carbocycles. The molecule has 0 N–H and O–H groups in total. The predicted octanol–water partition coefficient (Wildman–Crippen LogP) is 8.05. The van der Waals surface area contributed by atoms with Crippen molar-refractivity contribution in [1.82, 2.24) is 0 Å². The maximum Gasteiger partial charge on any atom is 0.331 e. The summed E-state index contributed by atoms with van der Waals surface area (Å²) in [5.41, 5.74) is 0.407. The van der Waals surface area contributed by atoms with Crippen molar-refractivity contribution < 1.29 is 28.5 Å². The number of nitro groups is 1. The Morgan fingerprint density at radius 2 is 1.78 bits per heavy atom. The van der Waals surface area contributed by atoms with Crippen LogP contribution in [0.1, 0.15) is 81.1 Å². The van der Waals surface area contributed by atoms with Crippen LogP contribution in [0.25, 0.3) is 0 Å². The van der Waals surface area contributed by atoms with E-state index in [1.807, 2.05) is 19.9 Å². The van der Waals surface area contributed by atoms with Gasteiger partial charge in [0.05, 0.1) is 24.6 Å². The van der Waals surface area contributed by atoms with Crippen LogP contribution in [0.3, 0.4) is 0 Å². The molecule has 2 aliphatic rings. The number of hydrogen-bond acceptors (Lipinski definition) is 7. The van der Waals surface area contributed by atoms with Crippen molar-refractivity contribution in [2.45, 2.75) is 111 Å². The Hall–Kier alpha value is -3.11. The molecular weight excluding hydrogens is 600 g/mol. The topological polar surface area (TPSA) is 116 Å². The first-order chi connectivity index (χ1) is 21.3. The third-order valence-corrected chi connectivity index (χ3v) is 15.5. The molecular formula is C36H54N2O7Si. The van der Waals surface area contributed by atoms with Crippen LogP contribution in [-0.2, 0) is 23.5 Å². The predicted molar refractivity (Wildman–Crippen MR) is 184 cm³/mol. The summed E-state index contributed by atoms with van der Waals surface area (Å²) in [4.78, 5) is 54.9. The lowest BCUT2D eigenvalue weighted by Crippen LogP contribution is -2.57. The largest absolute Gasteiger partial charge is 0.467 e. The summed E-state index contributed by atoms with van der Waals surface area (Å²) < 4.78 is 11.8. The first-order valence-electron chi connectivity index (χ1n) is 16.5. The second-order valence-corrected chi connectivity index (χ2v) is 19.8.